The van der Waals surface area contributed by atoms with E-state index in [0.717, 1.165) is 16.3 Å². The molecule has 0 fully saturated rings. The Morgan fingerprint density at radius 3 is 2.56 bits per heavy atom. The highest BCUT2D eigenvalue weighted by molar-refractivity contribution is 7.11. The highest BCUT2D eigenvalue weighted by atomic mass is 35.5. The molecule has 0 amide bonds. The average molecular weight is 305 g/mol. The zero-order valence-corrected chi connectivity index (χ0v) is 12.0. The molecule has 2 nitrogen and oxygen atoms in total. The van der Waals surface area contributed by atoms with Gasteiger partial charge in [0.1, 0.15) is 5.82 Å². The molecule has 1 aromatic heterocycles. The second-order valence-electron chi connectivity index (χ2n) is 3.67. The molecular formula is C12H11Cl2FN2S. The van der Waals surface area contributed by atoms with Gasteiger partial charge in [-0.1, -0.05) is 30.1 Å². The predicted octanol–water partition coefficient (Wildman–Crippen LogP) is 4.76. The zero-order chi connectivity index (χ0) is 13.1. The summed E-state index contributed by atoms with van der Waals surface area (Å²) in [4.78, 5) is 5.34. The minimum Gasteiger partial charge on any atom is -0.378 e. The molecule has 0 aliphatic rings. The van der Waals surface area contributed by atoms with E-state index in [9.17, 15) is 4.39 Å². The van der Waals surface area contributed by atoms with E-state index in [1.165, 1.54) is 12.1 Å². The van der Waals surface area contributed by atoms with Crippen molar-refractivity contribution in [2.24, 2.45) is 0 Å². The van der Waals surface area contributed by atoms with E-state index in [0.29, 0.717) is 12.2 Å². The van der Waals surface area contributed by atoms with Crippen molar-refractivity contribution in [2.45, 2.75) is 19.9 Å². The summed E-state index contributed by atoms with van der Waals surface area (Å²) in [6.45, 7) is 2.63. The normalized spacial score (nSPS) is 10.7. The number of hydrogen-bond donors (Lipinski definition) is 1. The molecule has 18 heavy (non-hydrogen) atoms. The summed E-state index contributed by atoms with van der Waals surface area (Å²) in [6.07, 6.45) is 2.74. The van der Waals surface area contributed by atoms with Crippen LogP contribution < -0.4 is 5.32 Å². The lowest BCUT2D eigenvalue weighted by molar-refractivity contribution is 0.628. The van der Waals surface area contributed by atoms with Crippen molar-refractivity contribution in [3.8, 4) is 0 Å². The maximum atomic E-state index is 13.0. The van der Waals surface area contributed by atoms with Crippen LogP contribution in [0.3, 0.4) is 0 Å². The molecule has 0 radical (unpaired) electrons. The van der Waals surface area contributed by atoms with Gasteiger partial charge in [-0.2, -0.15) is 0 Å². The summed E-state index contributed by atoms with van der Waals surface area (Å²) in [6, 6.07) is 2.47. The third kappa shape index (κ3) is 3.13. The molecule has 2 aromatic rings. The fraction of sp³-hybridized carbons (Fsp3) is 0.250. The van der Waals surface area contributed by atoms with E-state index >= 15 is 0 Å². The molecule has 1 heterocycles. The third-order valence-corrected chi connectivity index (χ3v) is 4.09. The number of aryl methyl sites for hydroxylation is 1. The number of thiazole rings is 1. The van der Waals surface area contributed by atoms with Crippen molar-refractivity contribution < 1.29 is 4.39 Å². The highest BCUT2D eigenvalue weighted by Gasteiger charge is 2.09. The van der Waals surface area contributed by atoms with Crippen LogP contribution in [0, 0.1) is 5.82 Å². The maximum absolute atomic E-state index is 13.0. The first-order chi connectivity index (χ1) is 8.60. The van der Waals surface area contributed by atoms with Crippen LogP contribution in [0.2, 0.25) is 10.0 Å². The summed E-state index contributed by atoms with van der Waals surface area (Å²) >= 11 is 13.5. The second-order valence-corrected chi connectivity index (χ2v) is 5.69. The number of hydrogen-bond acceptors (Lipinski definition) is 3. The number of anilines is 1. The molecule has 0 aliphatic heterocycles. The molecule has 0 aliphatic carbocycles. The van der Waals surface area contributed by atoms with Crippen LogP contribution in [0.1, 0.15) is 16.8 Å². The standard InChI is InChI=1S/C12H11Cl2FN2S/c1-2-11-16-5-8(18-11)6-17-12-9(13)3-7(15)4-10(12)14/h3-5,17H,2,6H2,1H3. The van der Waals surface area contributed by atoms with Gasteiger partial charge in [0, 0.05) is 11.1 Å². The Morgan fingerprint density at radius 1 is 1.33 bits per heavy atom. The number of nitrogens with one attached hydrogen (secondary N) is 1. The number of halogens is 3. The topological polar surface area (TPSA) is 24.9 Å². The van der Waals surface area contributed by atoms with Crippen LogP contribution in [-0.4, -0.2) is 4.98 Å². The summed E-state index contributed by atoms with van der Waals surface area (Å²) in [7, 11) is 0. The number of benzene rings is 1. The molecule has 0 saturated heterocycles. The summed E-state index contributed by atoms with van der Waals surface area (Å²) < 4.78 is 13.0. The molecule has 0 spiro atoms. The van der Waals surface area contributed by atoms with E-state index < -0.39 is 5.82 Å². The van der Waals surface area contributed by atoms with Crippen molar-refractivity contribution in [2.75, 3.05) is 5.32 Å². The largest absolute Gasteiger partial charge is 0.378 e. The molecule has 0 saturated carbocycles. The molecule has 6 heteroatoms. The van der Waals surface area contributed by atoms with Crippen LogP contribution in [0.15, 0.2) is 18.3 Å². The van der Waals surface area contributed by atoms with Crippen LogP contribution >= 0.6 is 34.5 Å². The number of nitrogens with zero attached hydrogens (tertiary/aromatic N) is 1. The first-order valence-electron chi connectivity index (χ1n) is 5.42. The minimum atomic E-state index is -0.443. The maximum Gasteiger partial charge on any atom is 0.126 e. The number of rotatable bonds is 4. The number of aromatic nitrogens is 1. The average Bonchev–Trinajstić information content (AvgIpc) is 2.75. The molecule has 96 valence electrons. The van der Waals surface area contributed by atoms with Gasteiger partial charge >= 0.3 is 0 Å². The predicted molar refractivity (Wildman–Crippen MR) is 75.2 cm³/mol. The van der Waals surface area contributed by atoms with E-state index in [1.54, 1.807) is 11.3 Å². The van der Waals surface area contributed by atoms with Gasteiger partial charge in [0.15, 0.2) is 0 Å². The Balaban J connectivity index is 2.10. The van der Waals surface area contributed by atoms with Gasteiger partial charge in [0.2, 0.25) is 0 Å². The zero-order valence-electron chi connectivity index (χ0n) is 9.64. The highest BCUT2D eigenvalue weighted by Crippen LogP contribution is 2.32. The second kappa shape index (κ2) is 5.87. The van der Waals surface area contributed by atoms with Gasteiger partial charge < -0.3 is 5.32 Å². The van der Waals surface area contributed by atoms with Crippen molar-refractivity contribution in [3.63, 3.8) is 0 Å². The van der Waals surface area contributed by atoms with Gasteiger partial charge in [0.25, 0.3) is 0 Å². The van der Waals surface area contributed by atoms with Crippen LogP contribution in [-0.2, 0) is 13.0 Å². The van der Waals surface area contributed by atoms with Crippen molar-refractivity contribution in [3.05, 3.63) is 44.1 Å². The summed E-state index contributed by atoms with van der Waals surface area (Å²) in [5.41, 5.74) is 0.547. The Morgan fingerprint density at radius 2 is 2.00 bits per heavy atom. The lowest BCUT2D eigenvalue weighted by Crippen LogP contribution is -1.99. The molecule has 1 aromatic carbocycles. The first kappa shape index (κ1) is 13.6. The minimum absolute atomic E-state index is 0.278. The van der Waals surface area contributed by atoms with E-state index in [4.69, 9.17) is 23.2 Å². The van der Waals surface area contributed by atoms with Gasteiger partial charge in [-0.05, 0) is 18.6 Å². The van der Waals surface area contributed by atoms with E-state index in [1.807, 2.05) is 6.20 Å². The summed E-state index contributed by atoms with van der Waals surface area (Å²) in [5.74, 6) is -0.443. The molecule has 0 atom stereocenters. The fourth-order valence-corrected chi connectivity index (χ4v) is 2.88. The SMILES string of the molecule is CCc1ncc(CNc2c(Cl)cc(F)cc2Cl)s1. The van der Waals surface area contributed by atoms with Gasteiger partial charge in [-0.3, -0.25) is 0 Å². The molecule has 2 rings (SSSR count). The fourth-order valence-electron chi connectivity index (χ4n) is 1.48. The van der Waals surface area contributed by atoms with Gasteiger partial charge in [-0.25, -0.2) is 9.37 Å². The van der Waals surface area contributed by atoms with Crippen molar-refractivity contribution in [1.29, 1.82) is 0 Å². The van der Waals surface area contributed by atoms with Crippen LogP contribution in [0.4, 0.5) is 10.1 Å². The van der Waals surface area contributed by atoms with Crippen molar-refractivity contribution >= 4 is 40.2 Å². The first-order valence-corrected chi connectivity index (χ1v) is 6.99. The van der Waals surface area contributed by atoms with Crippen molar-refractivity contribution in [1.82, 2.24) is 4.98 Å². The molecular weight excluding hydrogens is 294 g/mol. The van der Waals surface area contributed by atoms with E-state index in [2.05, 4.69) is 17.2 Å². The Kier molecular flexibility index (Phi) is 4.43. The lowest BCUT2D eigenvalue weighted by Gasteiger charge is -2.09. The van der Waals surface area contributed by atoms with Crippen LogP contribution in [0.5, 0.6) is 0 Å². The Hall–Kier alpha value is -0.840. The van der Waals surface area contributed by atoms with Crippen LogP contribution in [0.25, 0.3) is 0 Å². The monoisotopic (exact) mass is 304 g/mol. The molecule has 1 N–H and O–H groups in total. The Bertz CT molecular complexity index is 534. The lowest BCUT2D eigenvalue weighted by atomic mass is 10.3. The van der Waals surface area contributed by atoms with Gasteiger partial charge in [0.05, 0.1) is 27.3 Å². The van der Waals surface area contributed by atoms with E-state index in [-0.39, 0.29) is 10.0 Å². The smallest absolute Gasteiger partial charge is 0.126 e. The third-order valence-electron chi connectivity index (χ3n) is 2.35. The molecule has 0 bridgehead atoms. The Labute approximate surface area is 119 Å². The molecule has 0 unspecified atom stereocenters. The quantitative estimate of drug-likeness (QED) is 0.880. The summed E-state index contributed by atoms with van der Waals surface area (Å²) in [5, 5.41) is 4.74. The van der Waals surface area contributed by atoms with Gasteiger partial charge in [-0.15, -0.1) is 11.3 Å².